The van der Waals surface area contributed by atoms with Crippen LogP contribution in [0.2, 0.25) is 0 Å². The fourth-order valence-electron chi connectivity index (χ4n) is 4.25. The van der Waals surface area contributed by atoms with Crippen LogP contribution in [0.15, 0.2) is 34.0 Å². The number of rotatable bonds is 3. The maximum atomic E-state index is 13.2. The number of benzene rings is 1. The molecule has 1 aliphatic carbocycles. The van der Waals surface area contributed by atoms with Crippen molar-refractivity contribution in [3.8, 4) is 11.5 Å². The van der Waals surface area contributed by atoms with Crippen molar-refractivity contribution >= 4 is 11.7 Å². The lowest BCUT2D eigenvalue weighted by Crippen LogP contribution is -2.33. The lowest BCUT2D eigenvalue weighted by atomic mass is 9.69. The molecule has 4 rings (SSSR count). The Hall–Kier alpha value is -2.76. The summed E-state index contributed by atoms with van der Waals surface area (Å²) >= 11 is 0. The van der Waals surface area contributed by atoms with Crippen molar-refractivity contribution in [2.24, 2.45) is 5.41 Å². The van der Waals surface area contributed by atoms with E-state index in [1.165, 1.54) is 0 Å². The number of ketones is 1. The van der Waals surface area contributed by atoms with Gasteiger partial charge in [-0.3, -0.25) is 4.79 Å². The van der Waals surface area contributed by atoms with E-state index in [0.717, 1.165) is 34.5 Å². The second-order valence-electron chi connectivity index (χ2n) is 8.01. The van der Waals surface area contributed by atoms with Gasteiger partial charge in [0.25, 0.3) is 0 Å². The first-order chi connectivity index (χ1) is 12.8. The number of ether oxygens (including phenoxy) is 2. The number of methoxy groups -OCH3 is 2. The Kier molecular flexibility index (Phi) is 4.02. The molecule has 2 aliphatic rings. The number of aryl methyl sites for hydroxylation is 1. The van der Waals surface area contributed by atoms with Crippen LogP contribution < -0.4 is 14.8 Å². The average Bonchev–Trinajstić information content (AvgIpc) is 2.99. The maximum absolute atomic E-state index is 13.2. The minimum atomic E-state index is -0.295. The van der Waals surface area contributed by atoms with E-state index in [1.807, 2.05) is 25.1 Å². The van der Waals surface area contributed by atoms with Crippen molar-refractivity contribution in [3.63, 3.8) is 0 Å². The molecule has 0 saturated heterocycles. The second-order valence-corrected chi connectivity index (χ2v) is 8.01. The van der Waals surface area contributed by atoms with Gasteiger partial charge in [-0.05, 0) is 37.0 Å². The summed E-state index contributed by atoms with van der Waals surface area (Å²) in [6, 6.07) is 5.66. The van der Waals surface area contributed by atoms with Crippen molar-refractivity contribution in [2.45, 2.75) is 39.5 Å². The largest absolute Gasteiger partial charge is 0.497 e. The quantitative estimate of drug-likeness (QED) is 0.875. The molecule has 1 atom stereocenters. The van der Waals surface area contributed by atoms with Crippen LogP contribution in [-0.2, 0) is 4.79 Å². The average molecular weight is 368 g/mol. The minimum absolute atomic E-state index is 0.0987. The monoisotopic (exact) mass is 368 g/mol. The Labute approximate surface area is 158 Å². The summed E-state index contributed by atoms with van der Waals surface area (Å²) in [5.41, 5.74) is 4.12. The highest BCUT2D eigenvalue weighted by Crippen LogP contribution is 2.51. The van der Waals surface area contributed by atoms with Gasteiger partial charge in [0.2, 0.25) is 5.88 Å². The lowest BCUT2D eigenvalue weighted by molar-refractivity contribution is -0.118. The van der Waals surface area contributed by atoms with Crippen LogP contribution in [0.1, 0.15) is 49.4 Å². The molecule has 0 amide bonds. The van der Waals surface area contributed by atoms with E-state index in [0.29, 0.717) is 23.8 Å². The number of hydrogen-bond acceptors (Lipinski definition) is 6. The molecule has 6 heteroatoms. The number of nitrogens with one attached hydrogen (secondary N) is 1. The minimum Gasteiger partial charge on any atom is -0.497 e. The Balaban J connectivity index is 1.98. The fourth-order valence-corrected chi connectivity index (χ4v) is 4.25. The predicted octanol–water partition coefficient (Wildman–Crippen LogP) is 4.20. The van der Waals surface area contributed by atoms with E-state index in [9.17, 15) is 4.79 Å². The number of carbonyl (C=O) groups excluding carboxylic acids is 1. The molecule has 1 N–H and O–H groups in total. The predicted molar refractivity (Wildman–Crippen MR) is 101 cm³/mol. The van der Waals surface area contributed by atoms with E-state index in [4.69, 9.17) is 14.0 Å². The van der Waals surface area contributed by atoms with Gasteiger partial charge in [-0.15, -0.1) is 0 Å². The van der Waals surface area contributed by atoms with Crippen LogP contribution in [-0.4, -0.2) is 25.2 Å². The van der Waals surface area contributed by atoms with Crippen LogP contribution >= 0.6 is 0 Å². The van der Waals surface area contributed by atoms with Gasteiger partial charge in [0.05, 0.1) is 31.4 Å². The number of anilines is 1. The van der Waals surface area contributed by atoms with E-state index in [-0.39, 0.29) is 17.1 Å². The molecule has 0 spiro atoms. The Morgan fingerprint density at radius 2 is 2.00 bits per heavy atom. The summed E-state index contributed by atoms with van der Waals surface area (Å²) in [6.45, 7) is 6.11. The molecule has 0 radical (unpaired) electrons. The molecule has 142 valence electrons. The number of Topliss-reactive ketones (excluding diaryl/α,β-unsaturated/α-hetero) is 1. The van der Waals surface area contributed by atoms with E-state index >= 15 is 0 Å². The molecule has 0 saturated carbocycles. The molecular weight excluding hydrogens is 344 g/mol. The smallest absolute Gasteiger partial charge is 0.233 e. The van der Waals surface area contributed by atoms with Crippen molar-refractivity contribution < 1.29 is 18.8 Å². The van der Waals surface area contributed by atoms with Crippen LogP contribution in [0, 0.1) is 12.3 Å². The molecule has 0 bridgehead atoms. The van der Waals surface area contributed by atoms with E-state index in [2.05, 4.69) is 24.3 Å². The zero-order valence-electron chi connectivity index (χ0n) is 16.3. The van der Waals surface area contributed by atoms with Crippen LogP contribution in [0.3, 0.4) is 0 Å². The summed E-state index contributed by atoms with van der Waals surface area (Å²) < 4.78 is 16.6. The van der Waals surface area contributed by atoms with Crippen LogP contribution in [0.5, 0.6) is 11.5 Å². The Morgan fingerprint density at radius 1 is 1.22 bits per heavy atom. The summed E-state index contributed by atoms with van der Waals surface area (Å²) in [5.74, 6) is 1.88. The number of hydrogen-bond donors (Lipinski definition) is 1. The van der Waals surface area contributed by atoms with Gasteiger partial charge in [0, 0.05) is 23.3 Å². The molecule has 1 aromatic carbocycles. The molecule has 1 unspecified atom stereocenters. The first-order valence-electron chi connectivity index (χ1n) is 9.06. The summed E-state index contributed by atoms with van der Waals surface area (Å²) in [6.07, 6.45) is 1.28. The highest BCUT2D eigenvalue weighted by Gasteiger charge is 2.43. The van der Waals surface area contributed by atoms with Gasteiger partial charge >= 0.3 is 0 Å². The zero-order chi connectivity index (χ0) is 19.3. The van der Waals surface area contributed by atoms with Gasteiger partial charge in [0.1, 0.15) is 11.5 Å². The van der Waals surface area contributed by atoms with E-state index < -0.39 is 0 Å². The Bertz CT molecular complexity index is 955. The third kappa shape index (κ3) is 2.80. The highest BCUT2D eigenvalue weighted by atomic mass is 16.5. The first kappa shape index (κ1) is 17.6. The van der Waals surface area contributed by atoms with Crippen LogP contribution in [0.25, 0.3) is 0 Å². The highest BCUT2D eigenvalue weighted by molar-refractivity contribution is 6.01. The zero-order valence-corrected chi connectivity index (χ0v) is 16.3. The SMILES string of the molecule is COc1ccc(OC)c(C2C3=C(CC(C)(C)CC3=O)Nc3onc(C)c32)c1. The molecule has 2 heterocycles. The topological polar surface area (TPSA) is 73.6 Å². The van der Waals surface area contributed by atoms with E-state index in [1.54, 1.807) is 14.2 Å². The molecule has 1 aromatic heterocycles. The number of aromatic nitrogens is 1. The molecule has 6 nitrogen and oxygen atoms in total. The van der Waals surface area contributed by atoms with Gasteiger partial charge in [0.15, 0.2) is 5.78 Å². The Morgan fingerprint density at radius 3 is 2.70 bits per heavy atom. The summed E-state index contributed by atoms with van der Waals surface area (Å²) in [7, 11) is 3.26. The lowest BCUT2D eigenvalue weighted by Gasteiger charge is -2.38. The molecule has 2 aromatic rings. The summed E-state index contributed by atoms with van der Waals surface area (Å²) in [5, 5.41) is 7.47. The van der Waals surface area contributed by atoms with Crippen molar-refractivity contribution in [3.05, 3.63) is 46.3 Å². The summed E-state index contributed by atoms with van der Waals surface area (Å²) in [4.78, 5) is 13.2. The number of nitrogens with zero attached hydrogens (tertiary/aromatic N) is 1. The standard InChI is InChI=1S/C21H24N2O4/c1-11-17-18(13-8-12(25-4)6-7-16(13)26-5)19-14(22-20(17)27-23-11)9-21(2,3)10-15(19)24/h6-8,18,22H,9-10H2,1-5H3. The second kappa shape index (κ2) is 6.15. The third-order valence-electron chi connectivity index (χ3n) is 5.42. The van der Waals surface area contributed by atoms with Crippen LogP contribution in [0.4, 0.5) is 5.88 Å². The van der Waals surface area contributed by atoms with Crippen molar-refractivity contribution in [1.29, 1.82) is 0 Å². The van der Waals surface area contributed by atoms with Gasteiger partial charge in [-0.2, -0.15) is 0 Å². The maximum Gasteiger partial charge on any atom is 0.233 e. The fraction of sp³-hybridized carbons (Fsp3) is 0.429. The molecule has 27 heavy (non-hydrogen) atoms. The first-order valence-corrected chi connectivity index (χ1v) is 9.06. The van der Waals surface area contributed by atoms with Gasteiger partial charge < -0.3 is 19.3 Å². The molecule has 1 aliphatic heterocycles. The number of fused-ring (bicyclic) bond motifs is 1. The van der Waals surface area contributed by atoms with Crippen molar-refractivity contribution in [1.82, 2.24) is 5.16 Å². The number of carbonyl (C=O) groups is 1. The van der Waals surface area contributed by atoms with Gasteiger partial charge in [-0.1, -0.05) is 19.0 Å². The molecular formula is C21H24N2O4. The van der Waals surface area contributed by atoms with Crippen molar-refractivity contribution in [2.75, 3.05) is 19.5 Å². The third-order valence-corrected chi connectivity index (χ3v) is 5.42. The van der Waals surface area contributed by atoms with Gasteiger partial charge in [-0.25, -0.2) is 0 Å². The molecule has 0 fully saturated rings. The number of allylic oxidation sites excluding steroid dienone is 2. The normalized spacial score (nSPS) is 20.6.